The lowest BCUT2D eigenvalue weighted by atomic mass is 10.3. The molecule has 104 valence electrons. The van der Waals surface area contributed by atoms with Gasteiger partial charge in [-0.15, -0.1) is 0 Å². The summed E-state index contributed by atoms with van der Waals surface area (Å²) in [6, 6.07) is 11.4. The molecule has 0 aliphatic rings. The second-order valence-electron chi connectivity index (χ2n) is 3.77. The van der Waals surface area contributed by atoms with E-state index in [-0.39, 0.29) is 17.4 Å². The SMILES string of the molecule is O=C(COc1ccccc1Cl)Oc1ccc(Cl)cc1Cl. The average molecular weight is 332 g/mol. The number of benzene rings is 2. The first-order chi connectivity index (χ1) is 9.56. The first-order valence-electron chi connectivity index (χ1n) is 5.59. The highest BCUT2D eigenvalue weighted by atomic mass is 35.5. The molecule has 0 saturated heterocycles. The fraction of sp³-hybridized carbons (Fsp3) is 0.0714. The molecule has 0 spiro atoms. The molecular weight excluding hydrogens is 323 g/mol. The van der Waals surface area contributed by atoms with Crippen molar-refractivity contribution in [3.05, 3.63) is 57.5 Å². The molecule has 0 aromatic heterocycles. The van der Waals surface area contributed by atoms with Crippen molar-refractivity contribution in [3.8, 4) is 11.5 Å². The minimum atomic E-state index is -0.589. The highest BCUT2D eigenvalue weighted by Crippen LogP contribution is 2.28. The summed E-state index contributed by atoms with van der Waals surface area (Å²) in [5, 5.41) is 1.13. The fourth-order valence-corrected chi connectivity index (χ4v) is 2.05. The van der Waals surface area contributed by atoms with Gasteiger partial charge in [0.1, 0.15) is 11.5 Å². The van der Waals surface area contributed by atoms with Crippen LogP contribution in [-0.4, -0.2) is 12.6 Å². The number of carbonyl (C=O) groups is 1. The molecule has 0 fully saturated rings. The minimum absolute atomic E-state index is 0.226. The van der Waals surface area contributed by atoms with Gasteiger partial charge in [0, 0.05) is 5.02 Å². The topological polar surface area (TPSA) is 35.5 Å². The van der Waals surface area contributed by atoms with E-state index in [1.165, 1.54) is 12.1 Å². The summed E-state index contributed by atoms with van der Waals surface area (Å²) in [5.74, 6) is 0.0475. The third-order valence-corrected chi connectivity index (χ3v) is 3.14. The maximum Gasteiger partial charge on any atom is 0.349 e. The Morgan fingerprint density at radius 3 is 2.40 bits per heavy atom. The Kier molecular flexibility index (Phi) is 5.12. The Balaban J connectivity index is 1.94. The largest absolute Gasteiger partial charge is 0.480 e. The van der Waals surface area contributed by atoms with E-state index in [1.54, 1.807) is 30.3 Å². The summed E-state index contributed by atoms with van der Waals surface area (Å²) in [5.41, 5.74) is 0. The summed E-state index contributed by atoms with van der Waals surface area (Å²) >= 11 is 17.5. The lowest BCUT2D eigenvalue weighted by molar-refractivity contribution is -0.136. The van der Waals surface area contributed by atoms with Crippen molar-refractivity contribution in [2.75, 3.05) is 6.61 Å². The van der Waals surface area contributed by atoms with Crippen molar-refractivity contribution in [1.82, 2.24) is 0 Å². The molecular formula is C14H9Cl3O3. The summed E-state index contributed by atoms with van der Waals surface area (Å²) in [4.78, 5) is 11.7. The number of halogens is 3. The quantitative estimate of drug-likeness (QED) is 0.605. The third kappa shape index (κ3) is 4.04. The zero-order valence-corrected chi connectivity index (χ0v) is 12.4. The van der Waals surface area contributed by atoms with Crippen LogP contribution in [0, 0.1) is 0 Å². The molecule has 0 heterocycles. The van der Waals surface area contributed by atoms with Crippen molar-refractivity contribution < 1.29 is 14.3 Å². The maximum absolute atomic E-state index is 11.7. The Bertz CT molecular complexity index is 629. The summed E-state index contributed by atoms with van der Waals surface area (Å²) in [6.07, 6.45) is 0. The van der Waals surface area contributed by atoms with Gasteiger partial charge < -0.3 is 9.47 Å². The molecule has 6 heteroatoms. The average Bonchev–Trinajstić information content (AvgIpc) is 2.41. The van der Waals surface area contributed by atoms with E-state index in [9.17, 15) is 4.79 Å². The summed E-state index contributed by atoms with van der Waals surface area (Å²) in [6.45, 7) is -0.275. The minimum Gasteiger partial charge on any atom is -0.480 e. The number of hydrogen-bond donors (Lipinski definition) is 0. The van der Waals surface area contributed by atoms with E-state index in [4.69, 9.17) is 44.3 Å². The van der Waals surface area contributed by atoms with Crippen LogP contribution in [0.3, 0.4) is 0 Å². The number of hydrogen-bond acceptors (Lipinski definition) is 3. The van der Waals surface area contributed by atoms with E-state index < -0.39 is 5.97 Å². The van der Waals surface area contributed by atoms with E-state index >= 15 is 0 Å². The van der Waals surface area contributed by atoms with Crippen LogP contribution in [0.15, 0.2) is 42.5 Å². The molecule has 20 heavy (non-hydrogen) atoms. The van der Waals surface area contributed by atoms with Gasteiger partial charge >= 0.3 is 5.97 Å². The number of carbonyl (C=O) groups excluding carboxylic acids is 1. The van der Waals surface area contributed by atoms with Crippen LogP contribution in [0.25, 0.3) is 0 Å². The monoisotopic (exact) mass is 330 g/mol. The second-order valence-corrected chi connectivity index (χ2v) is 5.02. The van der Waals surface area contributed by atoms with Crippen LogP contribution in [0.4, 0.5) is 0 Å². The van der Waals surface area contributed by atoms with Crippen LogP contribution < -0.4 is 9.47 Å². The zero-order valence-electron chi connectivity index (χ0n) is 10.1. The molecule has 0 saturated carbocycles. The number of ether oxygens (including phenoxy) is 2. The lowest BCUT2D eigenvalue weighted by Crippen LogP contribution is -2.17. The van der Waals surface area contributed by atoms with Crippen LogP contribution in [0.1, 0.15) is 0 Å². The van der Waals surface area contributed by atoms with Gasteiger partial charge in [-0.2, -0.15) is 0 Å². The van der Waals surface area contributed by atoms with E-state index in [1.807, 2.05) is 0 Å². The number of rotatable bonds is 4. The first-order valence-corrected chi connectivity index (χ1v) is 6.72. The van der Waals surface area contributed by atoms with E-state index in [2.05, 4.69) is 0 Å². The van der Waals surface area contributed by atoms with Crippen molar-refractivity contribution in [3.63, 3.8) is 0 Å². The Hall–Kier alpha value is -1.42. The highest BCUT2D eigenvalue weighted by molar-refractivity contribution is 6.35. The first kappa shape index (κ1) is 15.0. The van der Waals surface area contributed by atoms with Crippen molar-refractivity contribution >= 4 is 40.8 Å². The van der Waals surface area contributed by atoms with Gasteiger partial charge in [-0.1, -0.05) is 46.9 Å². The molecule has 2 rings (SSSR count). The molecule has 2 aromatic rings. The molecule has 0 N–H and O–H groups in total. The maximum atomic E-state index is 11.7. The Morgan fingerprint density at radius 1 is 0.950 bits per heavy atom. The van der Waals surface area contributed by atoms with Crippen molar-refractivity contribution in [2.24, 2.45) is 0 Å². The summed E-state index contributed by atoms with van der Waals surface area (Å²) < 4.78 is 10.3. The van der Waals surface area contributed by atoms with Gasteiger partial charge in [-0.25, -0.2) is 4.79 Å². The summed E-state index contributed by atoms with van der Waals surface area (Å²) in [7, 11) is 0. The van der Waals surface area contributed by atoms with Gasteiger partial charge in [-0.05, 0) is 30.3 Å². The predicted octanol–water partition coefficient (Wildman–Crippen LogP) is 4.63. The number of para-hydroxylation sites is 1. The highest BCUT2D eigenvalue weighted by Gasteiger charge is 2.10. The normalized spacial score (nSPS) is 10.2. The van der Waals surface area contributed by atoms with E-state index in [0.717, 1.165) is 0 Å². The molecule has 3 nitrogen and oxygen atoms in total. The lowest BCUT2D eigenvalue weighted by Gasteiger charge is -2.09. The van der Waals surface area contributed by atoms with Gasteiger partial charge in [0.15, 0.2) is 6.61 Å². The molecule has 0 bridgehead atoms. The predicted molar refractivity (Wildman–Crippen MR) is 79.0 cm³/mol. The van der Waals surface area contributed by atoms with Gasteiger partial charge in [0.2, 0.25) is 0 Å². The molecule has 2 aromatic carbocycles. The van der Waals surface area contributed by atoms with Gasteiger partial charge in [-0.3, -0.25) is 0 Å². The van der Waals surface area contributed by atoms with Crippen molar-refractivity contribution in [2.45, 2.75) is 0 Å². The third-order valence-electron chi connectivity index (χ3n) is 2.30. The van der Waals surface area contributed by atoms with Crippen LogP contribution in [0.2, 0.25) is 15.1 Å². The Labute approximate surface area is 131 Å². The fourth-order valence-electron chi connectivity index (χ4n) is 1.41. The number of esters is 1. The molecule has 0 unspecified atom stereocenters. The van der Waals surface area contributed by atoms with Gasteiger partial charge in [0.25, 0.3) is 0 Å². The van der Waals surface area contributed by atoms with E-state index in [0.29, 0.717) is 15.8 Å². The van der Waals surface area contributed by atoms with Crippen LogP contribution in [0.5, 0.6) is 11.5 Å². The van der Waals surface area contributed by atoms with Crippen LogP contribution >= 0.6 is 34.8 Å². The Morgan fingerprint density at radius 2 is 1.70 bits per heavy atom. The van der Waals surface area contributed by atoms with Crippen LogP contribution in [-0.2, 0) is 4.79 Å². The van der Waals surface area contributed by atoms with Crippen molar-refractivity contribution in [1.29, 1.82) is 0 Å². The molecule has 0 aliphatic heterocycles. The molecule has 0 atom stereocenters. The zero-order chi connectivity index (χ0) is 14.5. The molecule has 0 amide bonds. The molecule has 0 aliphatic carbocycles. The smallest absolute Gasteiger partial charge is 0.349 e. The standard InChI is InChI=1S/C14H9Cl3O3/c15-9-5-6-13(11(17)7-9)20-14(18)8-19-12-4-2-1-3-10(12)16/h1-7H,8H2. The van der Waals surface area contributed by atoms with Gasteiger partial charge in [0.05, 0.1) is 10.0 Å². The molecule has 0 radical (unpaired) electrons. The second kappa shape index (κ2) is 6.84.